The van der Waals surface area contributed by atoms with Crippen molar-refractivity contribution in [2.45, 2.75) is 12.3 Å². The highest BCUT2D eigenvalue weighted by Crippen LogP contribution is 2.32. The third-order valence-electron chi connectivity index (χ3n) is 2.69. The second-order valence-corrected chi connectivity index (χ2v) is 5.39. The summed E-state index contributed by atoms with van der Waals surface area (Å²) in [5, 5.41) is -0.711. The highest BCUT2D eigenvalue weighted by atomic mass is 79.9. The number of halogens is 4. The van der Waals surface area contributed by atoms with Crippen LogP contribution in [0.5, 0.6) is 0 Å². The van der Waals surface area contributed by atoms with Gasteiger partial charge in [-0.3, -0.25) is 0 Å². The number of aryl methyl sites for hydroxylation is 1. The zero-order chi connectivity index (χ0) is 13.3. The summed E-state index contributed by atoms with van der Waals surface area (Å²) in [5.74, 6) is -0.944. The molecule has 0 saturated carbocycles. The van der Waals surface area contributed by atoms with Crippen LogP contribution < -0.4 is 0 Å². The first kappa shape index (κ1) is 13.5. The molecule has 2 aromatic rings. The van der Waals surface area contributed by atoms with Gasteiger partial charge in [-0.2, -0.15) is 0 Å². The highest BCUT2D eigenvalue weighted by molar-refractivity contribution is 9.10. The van der Waals surface area contributed by atoms with Crippen molar-refractivity contribution in [2.24, 2.45) is 0 Å². The van der Waals surface area contributed by atoms with Gasteiger partial charge >= 0.3 is 0 Å². The molecule has 0 aromatic heterocycles. The van der Waals surface area contributed by atoms with Crippen molar-refractivity contribution in [2.75, 3.05) is 0 Å². The van der Waals surface area contributed by atoms with Crippen LogP contribution in [0.25, 0.3) is 0 Å². The number of benzene rings is 2. The molecule has 0 nitrogen and oxygen atoms in total. The standard InChI is InChI=1S/C14H10BrClF2/c1-8-5-13(18)11(7-12(8)17)14(16)9-3-2-4-10(15)6-9/h2-7,14H,1H3. The van der Waals surface area contributed by atoms with Gasteiger partial charge in [0.1, 0.15) is 11.6 Å². The summed E-state index contributed by atoms with van der Waals surface area (Å²) in [6.07, 6.45) is 0. The predicted molar refractivity (Wildman–Crippen MR) is 72.9 cm³/mol. The molecule has 0 aliphatic heterocycles. The zero-order valence-electron chi connectivity index (χ0n) is 9.55. The Morgan fingerprint density at radius 2 is 1.83 bits per heavy atom. The Morgan fingerprint density at radius 1 is 1.11 bits per heavy atom. The number of hydrogen-bond acceptors (Lipinski definition) is 0. The Bertz CT molecular complexity index is 584. The van der Waals surface area contributed by atoms with Crippen molar-refractivity contribution in [3.8, 4) is 0 Å². The van der Waals surface area contributed by atoms with E-state index in [0.717, 1.165) is 16.6 Å². The van der Waals surface area contributed by atoms with Crippen LogP contribution in [-0.4, -0.2) is 0 Å². The average molecular weight is 332 g/mol. The minimum atomic E-state index is -0.711. The molecule has 94 valence electrons. The van der Waals surface area contributed by atoms with Crippen LogP contribution in [0.15, 0.2) is 40.9 Å². The van der Waals surface area contributed by atoms with Crippen LogP contribution in [0.4, 0.5) is 8.78 Å². The van der Waals surface area contributed by atoms with E-state index in [1.54, 1.807) is 18.2 Å². The molecule has 1 unspecified atom stereocenters. The van der Waals surface area contributed by atoms with Gasteiger partial charge in [-0.05, 0) is 42.3 Å². The van der Waals surface area contributed by atoms with Crippen molar-refractivity contribution < 1.29 is 8.78 Å². The van der Waals surface area contributed by atoms with Gasteiger partial charge in [0.15, 0.2) is 0 Å². The van der Waals surface area contributed by atoms with Gasteiger partial charge < -0.3 is 0 Å². The van der Waals surface area contributed by atoms with Gasteiger partial charge in [-0.15, -0.1) is 11.6 Å². The Hall–Kier alpha value is -0.930. The smallest absolute Gasteiger partial charge is 0.128 e. The summed E-state index contributed by atoms with van der Waals surface area (Å²) < 4.78 is 28.1. The summed E-state index contributed by atoms with van der Waals surface area (Å²) in [6.45, 7) is 1.52. The lowest BCUT2D eigenvalue weighted by molar-refractivity contribution is 0.580. The lowest BCUT2D eigenvalue weighted by Gasteiger charge is -2.13. The van der Waals surface area contributed by atoms with Gasteiger partial charge in [0.2, 0.25) is 0 Å². The molecule has 0 bridgehead atoms. The van der Waals surface area contributed by atoms with Gasteiger partial charge in [0, 0.05) is 10.0 Å². The number of alkyl halides is 1. The summed E-state index contributed by atoms with van der Waals surface area (Å²) in [7, 11) is 0. The SMILES string of the molecule is Cc1cc(F)c(C(Cl)c2cccc(Br)c2)cc1F. The van der Waals surface area contributed by atoms with Gasteiger partial charge in [0.25, 0.3) is 0 Å². The molecule has 0 fully saturated rings. The molecular weight excluding hydrogens is 322 g/mol. The monoisotopic (exact) mass is 330 g/mol. The maximum absolute atomic E-state index is 13.8. The topological polar surface area (TPSA) is 0 Å². The summed E-state index contributed by atoms with van der Waals surface area (Å²) in [5.41, 5.74) is 1.14. The molecule has 0 radical (unpaired) electrons. The number of rotatable bonds is 2. The zero-order valence-corrected chi connectivity index (χ0v) is 11.9. The van der Waals surface area contributed by atoms with Crippen LogP contribution in [0.3, 0.4) is 0 Å². The molecule has 18 heavy (non-hydrogen) atoms. The summed E-state index contributed by atoms with van der Waals surface area (Å²) in [6, 6.07) is 9.53. The summed E-state index contributed by atoms with van der Waals surface area (Å²) >= 11 is 9.53. The van der Waals surface area contributed by atoms with Crippen molar-refractivity contribution in [3.63, 3.8) is 0 Å². The first-order valence-corrected chi connectivity index (χ1v) is 6.57. The first-order chi connectivity index (χ1) is 8.49. The maximum atomic E-state index is 13.8. The van der Waals surface area contributed by atoms with Gasteiger partial charge in [-0.1, -0.05) is 28.1 Å². The number of hydrogen-bond donors (Lipinski definition) is 0. The van der Waals surface area contributed by atoms with Crippen LogP contribution in [0.1, 0.15) is 22.1 Å². The van der Waals surface area contributed by atoms with E-state index in [2.05, 4.69) is 15.9 Å². The van der Waals surface area contributed by atoms with E-state index in [0.29, 0.717) is 5.56 Å². The third-order valence-corrected chi connectivity index (χ3v) is 3.67. The van der Waals surface area contributed by atoms with Crippen molar-refractivity contribution >= 4 is 27.5 Å². The largest absolute Gasteiger partial charge is 0.207 e. The van der Waals surface area contributed by atoms with Crippen LogP contribution in [0, 0.1) is 18.6 Å². The minimum Gasteiger partial charge on any atom is -0.207 e. The molecule has 2 aromatic carbocycles. The molecular formula is C14H10BrClF2. The van der Waals surface area contributed by atoms with Crippen molar-refractivity contribution in [1.29, 1.82) is 0 Å². The van der Waals surface area contributed by atoms with Crippen molar-refractivity contribution in [3.05, 3.63) is 69.2 Å². The Kier molecular flexibility index (Phi) is 4.03. The van der Waals surface area contributed by atoms with E-state index in [-0.39, 0.29) is 11.1 Å². The van der Waals surface area contributed by atoms with Crippen LogP contribution in [-0.2, 0) is 0 Å². The molecule has 0 aliphatic rings. The molecule has 0 saturated heterocycles. The first-order valence-electron chi connectivity index (χ1n) is 5.34. The van der Waals surface area contributed by atoms with E-state index in [1.807, 2.05) is 6.07 Å². The van der Waals surface area contributed by atoms with Gasteiger partial charge in [0.05, 0.1) is 5.38 Å². The molecule has 0 aliphatic carbocycles. The van der Waals surface area contributed by atoms with Crippen molar-refractivity contribution in [1.82, 2.24) is 0 Å². The molecule has 4 heteroatoms. The van der Waals surface area contributed by atoms with E-state index in [9.17, 15) is 8.78 Å². The van der Waals surface area contributed by atoms with Gasteiger partial charge in [-0.25, -0.2) is 8.78 Å². The fourth-order valence-electron chi connectivity index (χ4n) is 1.70. The van der Waals surface area contributed by atoms with Crippen LogP contribution in [0.2, 0.25) is 0 Å². The normalized spacial score (nSPS) is 12.5. The third kappa shape index (κ3) is 2.73. The van der Waals surface area contributed by atoms with E-state index in [4.69, 9.17) is 11.6 Å². The average Bonchev–Trinajstić information content (AvgIpc) is 2.33. The van der Waals surface area contributed by atoms with E-state index >= 15 is 0 Å². The van der Waals surface area contributed by atoms with E-state index < -0.39 is 17.0 Å². The molecule has 2 rings (SSSR count). The molecule has 0 heterocycles. The summed E-state index contributed by atoms with van der Waals surface area (Å²) in [4.78, 5) is 0. The second-order valence-electron chi connectivity index (χ2n) is 4.04. The Labute approximate surface area is 118 Å². The Morgan fingerprint density at radius 3 is 2.50 bits per heavy atom. The highest BCUT2D eigenvalue weighted by Gasteiger charge is 2.17. The fourth-order valence-corrected chi connectivity index (χ4v) is 2.42. The quantitative estimate of drug-likeness (QED) is 0.650. The molecule has 0 amide bonds. The molecule has 0 spiro atoms. The lowest BCUT2D eigenvalue weighted by Crippen LogP contribution is -1.99. The fraction of sp³-hybridized carbons (Fsp3) is 0.143. The molecule has 0 N–H and O–H groups in total. The molecule has 1 atom stereocenters. The second kappa shape index (κ2) is 5.37. The Balaban J connectivity index is 2.46. The maximum Gasteiger partial charge on any atom is 0.128 e. The predicted octanol–water partition coefficient (Wildman–Crippen LogP) is 5.36. The lowest BCUT2D eigenvalue weighted by atomic mass is 10.0. The van der Waals surface area contributed by atoms with E-state index in [1.165, 1.54) is 6.92 Å². The minimum absolute atomic E-state index is 0.151. The van der Waals surface area contributed by atoms with Crippen LogP contribution >= 0.6 is 27.5 Å².